The van der Waals surface area contributed by atoms with Crippen molar-refractivity contribution in [2.24, 2.45) is 5.41 Å². The summed E-state index contributed by atoms with van der Waals surface area (Å²) in [5.41, 5.74) is 4.51. The van der Waals surface area contributed by atoms with Crippen LogP contribution < -0.4 is 5.32 Å². The van der Waals surface area contributed by atoms with E-state index in [9.17, 15) is 0 Å². The van der Waals surface area contributed by atoms with Crippen LogP contribution in [0.25, 0.3) is 5.69 Å². The van der Waals surface area contributed by atoms with Crippen molar-refractivity contribution in [2.45, 2.75) is 32.7 Å². The Bertz CT molecular complexity index is 689. The van der Waals surface area contributed by atoms with Crippen molar-refractivity contribution in [3.8, 4) is 11.8 Å². The molecule has 0 saturated heterocycles. The van der Waals surface area contributed by atoms with Gasteiger partial charge in [0.15, 0.2) is 0 Å². The summed E-state index contributed by atoms with van der Waals surface area (Å²) < 4.78 is 2.02. The minimum Gasteiger partial charge on any atom is -0.313 e. The van der Waals surface area contributed by atoms with E-state index in [0.717, 1.165) is 18.5 Å². The minimum absolute atomic E-state index is 0.255. The number of benzene rings is 1. The molecule has 4 heteroatoms. The molecule has 21 heavy (non-hydrogen) atoms. The zero-order valence-electron chi connectivity index (χ0n) is 12.7. The summed E-state index contributed by atoms with van der Waals surface area (Å²) in [5, 5.41) is 16.9. The topological polar surface area (TPSA) is 53.6 Å². The van der Waals surface area contributed by atoms with E-state index < -0.39 is 0 Å². The van der Waals surface area contributed by atoms with E-state index in [1.807, 2.05) is 42.2 Å². The molecular formula is C17H20N4. The van der Waals surface area contributed by atoms with Gasteiger partial charge in [-0.15, -0.1) is 0 Å². The summed E-state index contributed by atoms with van der Waals surface area (Å²) >= 11 is 0. The van der Waals surface area contributed by atoms with Crippen LogP contribution in [0, 0.1) is 16.7 Å². The largest absolute Gasteiger partial charge is 0.313 e. The van der Waals surface area contributed by atoms with Crippen molar-refractivity contribution >= 4 is 0 Å². The van der Waals surface area contributed by atoms with Gasteiger partial charge >= 0.3 is 0 Å². The first-order chi connectivity index (χ1) is 10.0. The molecule has 4 nitrogen and oxygen atoms in total. The summed E-state index contributed by atoms with van der Waals surface area (Å²) in [6.07, 6.45) is 4.11. The molecule has 1 aromatic heterocycles. The van der Waals surface area contributed by atoms with E-state index in [0.29, 0.717) is 11.6 Å². The first-order valence-electron chi connectivity index (χ1n) is 7.29. The van der Waals surface area contributed by atoms with E-state index in [1.165, 1.54) is 11.3 Å². The van der Waals surface area contributed by atoms with Crippen LogP contribution in [0.1, 0.15) is 43.1 Å². The van der Waals surface area contributed by atoms with Gasteiger partial charge in [-0.25, -0.2) is 4.68 Å². The molecule has 1 heterocycles. The quantitative estimate of drug-likeness (QED) is 0.920. The van der Waals surface area contributed by atoms with Crippen LogP contribution in [0.5, 0.6) is 0 Å². The number of aromatic nitrogens is 2. The fourth-order valence-electron chi connectivity index (χ4n) is 3.20. The van der Waals surface area contributed by atoms with Crippen LogP contribution in [0.4, 0.5) is 0 Å². The lowest BCUT2D eigenvalue weighted by molar-refractivity contribution is 0.260. The SMILES string of the molecule is CNC1CC(C)(C)Cc2c1cnn2-c1ccc(C#N)cc1. The van der Waals surface area contributed by atoms with E-state index in [2.05, 4.69) is 30.3 Å². The number of nitriles is 1. The zero-order valence-corrected chi connectivity index (χ0v) is 12.7. The third kappa shape index (κ3) is 2.45. The van der Waals surface area contributed by atoms with Crippen molar-refractivity contribution in [1.82, 2.24) is 15.1 Å². The minimum atomic E-state index is 0.255. The molecule has 1 aliphatic rings. The second-order valence-electron chi connectivity index (χ2n) is 6.50. The first-order valence-corrected chi connectivity index (χ1v) is 7.29. The molecule has 0 aliphatic heterocycles. The molecule has 0 fully saturated rings. The Morgan fingerprint density at radius 2 is 2.05 bits per heavy atom. The number of hydrogen-bond donors (Lipinski definition) is 1. The fourth-order valence-corrected chi connectivity index (χ4v) is 3.20. The Kier molecular flexibility index (Phi) is 3.30. The number of fused-ring (bicyclic) bond motifs is 1. The molecule has 108 valence electrons. The van der Waals surface area contributed by atoms with Crippen molar-refractivity contribution in [3.05, 3.63) is 47.3 Å². The molecule has 0 amide bonds. The highest BCUT2D eigenvalue weighted by atomic mass is 15.3. The van der Waals surface area contributed by atoms with Crippen LogP contribution in [-0.4, -0.2) is 16.8 Å². The van der Waals surface area contributed by atoms with Crippen LogP contribution in [-0.2, 0) is 6.42 Å². The molecule has 3 rings (SSSR count). The smallest absolute Gasteiger partial charge is 0.0991 e. The molecule has 1 aromatic carbocycles. The first kappa shape index (κ1) is 13.8. The van der Waals surface area contributed by atoms with Crippen LogP contribution in [0.15, 0.2) is 30.5 Å². The highest BCUT2D eigenvalue weighted by Gasteiger charge is 2.34. The van der Waals surface area contributed by atoms with Crippen molar-refractivity contribution < 1.29 is 0 Å². The maximum Gasteiger partial charge on any atom is 0.0991 e. The number of hydrogen-bond acceptors (Lipinski definition) is 3. The van der Waals surface area contributed by atoms with Crippen molar-refractivity contribution in [3.63, 3.8) is 0 Å². The Balaban J connectivity index is 2.06. The molecule has 2 aromatic rings. The molecule has 0 spiro atoms. The Morgan fingerprint density at radius 1 is 1.33 bits per heavy atom. The summed E-state index contributed by atoms with van der Waals surface area (Å²) in [5.74, 6) is 0. The summed E-state index contributed by atoms with van der Waals surface area (Å²) in [4.78, 5) is 0. The standard InChI is InChI=1S/C17H20N4/c1-17(2)8-15(19-3)14-11-20-21(16(14)9-17)13-6-4-12(10-18)5-7-13/h4-7,11,15,19H,8-9H2,1-3H3. The van der Waals surface area contributed by atoms with E-state index in [-0.39, 0.29) is 5.41 Å². The lowest BCUT2D eigenvalue weighted by atomic mass is 9.74. The summed E-state index contributed by atoms with van der Waals surface area (Å²) in [7, 11) is 2.01. The molecule has 1 unspecified atom stereocenters. The van der Waals surface area contributed by atoms with Gasteiger partial charge in [0, 0.05) is 17.3 Å². The molecule has 1 atom stereocenters. The average Bonchev–Trinajstić information content (AvgIpc) is 2.88. The predicted molar refractivity (Wildman–Crippen MR) is 82.2 cm³/mol. The second-order valence-corrected chi connectivity index (χ2v) is 6.50. The highest BCUT2D eigenvalue weighted by Crippen LogP contribution is 2.41. The van der Waals surface area contributed by atoms with Gasteiger partial charge in [0.05, 0.1) is 23.5 Å². The molecule has 0 saturated carbocycles. The summed E-state index contributed by atoms with van der Waals surface area (Å²) in [6, 6.07) is 10.1. The van der Waals surface area contributed by atoms with Gasteiger partial charge in [0.2, 0.25) is 0 Å². The van der Waals surface area contributed by atoms with Gasteiger partial charge in [0.1, 0.15) is 0 Å². The van der Waals surface area contributed by atoms with Crippen LogP contribution in [0.2, 0.25) is 0 Å². The monoisotopic (exact) mass is 280 g/mol. The zero-order chi connectivity index (χ0) is 15.0. The number of nitrogens with one attached hydrogen (secondary N) is 1. The molecule has 0 radical (unpaired) electrons. The fraction of sp³-hybridized carbons (Fsp3) is 0.412. The third-order valence-corrected chi connectivity index (χ3v) is 4.27. The maximum atomic E-state index is 8.91. The van der Waals surface area contributed by atoms with Crippen LogP contribution in [0.3, 0.4) is 0 Å². The molecular weight excluding hydrogens is 260 g/mol. The maximum absolute atomic E-state index is 8.91. The van der Waals surface area contributed by atoms with E-state index in [1.54, 1.807) is 0 Å². The van der Waals surface area contributed by atoms with Crippen LogP contribution >= 0.6 is 0 Å². The Morgan fingerprint density at radius 3 is 2.67 bits per heavy atom. The lowest BCUT2D eigenvalue weighted by Crippen LogP contribution is -2.32. The Hall–Kier alpha value is -2.12. The highest BCUT2D eigenvalue weighted by molar-refractivity contribution is 5.42. The van der Waals surface area contributed by atoms with E-state index >= 15 is 0 Å². The number of nitrogens with zero attached hydrogens (tertiary/aromatic N) is 3. The predicted octanol–water partition coefficient (Wildman–Crippen LogP) is 2.98. The molecule has 1 N–H and O–H groups in total. The average molecular weight is 280 g/mol. The van der Waals surface area contributed by atoms with Gasteiger partial charge in [0.25, 0.3) is 0 Å². The van der Waals surface area contributed by atoms with Crippen molar-refractivity contribution in [1.29, 1.82) is 5.26 Å². The van der Waals surface area contributed by atoms with Gasteiger partial charge in [-0.3, -0.25) is 0 Å². The van der Waals surface area contributed by atoms with Gasteiger partial charge in [-0.1, -0.05) is 13.8 Å². The number of rotatable bonds is 2. The van der Waals surface area contributed by atoms with Gasteiger partial charge in [-0.2, -0.15) is 10.4 Å². The third-order valence-electron chi connectivity index (χ3n) is 4.27. The Labute approximate surface area is 125 Å². The summed E-state index contributed by atoms with van der Waals surface area (Å²) in [6.45, 7) is 4.60. The normalized spacial score (nSPS) is 19.8. The lowest BCUT2D eigenvalue weighted by Gasteiger charge is -2.35. The molecule has 0 bridgehead atoms. The van der Waals surface area contributed by atoms with Gasteiger partial charge < -0.3 is 5.32 Å². The second kappa shape index (κ2) is 5.01. The van der Waals surface area contributed by atoms with Crippen molar-refractivity contribution in [2.75, 3.05) is 7.05 Å². The van der Waals surface area contributed by atoms with E-state index in [4.69, 9.17) is 5.26 Å². The van der Waals surface area contributed by atoms with Gasteiger partial charge in [-0.05, 0) is 49.6 Å². The molecule has 1 aliphatic carbocycles.